The molecule has 2 aromatic heterocycles. The molecule has 1 fully saturated rings. The van der Waals surface area contributed by atoms with Crippen molar-refractivity contribution in [2.45, 2.75) is 82.5 Å². The van der Waals surface area contributed by atoms with Gasteiger partial charge >= 0.3 is 0 Å². The molecule has 1 unspecified atom stereocenters. The van der Waals surface area contributed by atoms with Crippen molar-refractivity contribution < 1.29 is 4.79 Å². The number of hydrogen-bond acceptors (Lipinski definition) is 5. The molecule has 0 aromatic carbocycles. The fourth-order valence-corrected chi connectivity index (χ4v) is 5.89. The Bertz CT molecular complexity index is 914. The lowest BCUT2D eigenvalue weighted by atomic mass is 10.1. The molecule has 1 amide bonds. The first-order valence-electron chi connectivity index (χ1n) is 10.1. The first-order valence-corrected chi connectivity index (χ1v) is 11.9. The van der Waals surface area contributed by atoms with Gasteiger partial charge < -0.3 is 5.32 Å². The first-order chi connectivity index (χ1) is 13.1. The number of thiophene rings is 1. The van der Waals surface area contributed by atoms with Crippen LogP contribution in [0.5, 0.6) is 0 Å². The predicted molar refractivity (Wildman–Crippen MR) is 112 cm³/mol. The molecule has 1 N–H and O–H groups in total. The fourth-order valence-electron chi connectivity index (χ4n) is 3.68. The molecule has 0 radical (unpaired) electrons. The molecule has 1 saturated carbocycles. The fraction of sp³-hybridized carbons (Fsp3) is 0.650. The van der Waals surface area contributed by atoms with Crippen molar-refractivity contribution in [1.82, 2.24) is 14.9 Å². The number of fused-ring (bicyclic) bond motifs is 3. The van der Waals surface area contributed by atoms with Crippen molar-refractivity contribution >= 4 is 39.2 Å². The molecular formula is C20H27N3O2S2. The summed E-state index contributed by atoms with van der Waals surface area (Å²) in [5.41, 5.74) is 1.32. The molecule has 146 valence electrons. The predicted octanol–water partition coefficient (Wildman–Crippen LogP) is 4.07. The topological polar surface area (TPSA) is 64.0 Å². The van der Waals surface area contributed by atoms with Gasteiger partial charge in [0.05, 0.1) is 11.1 Å². The molecule has 4 rings (SSSR count). The van der Waals surface area contributed by atoms with E-state index in [-0.39, 0.29) is 17.5 Å². The Morgan fingerprint density at radius 1 is 1.33 bits per heavy atom. The highest BCUT2D eigenvalue weighted by molar-refractivity contribution is 7.99. The van der Waals surface area contributed by atoms with E-state index in [1.54, 1.807) is 11.3 Å². The molecule has 0 saturated heterocycles. The van der Waals surface area contributed by atoms with Gasteiger partial charge in [-0.05, 0) is 57.4 Å². The maximum Gasteiger partial charge on any atom is 0.263 e. The van der Waals surface area contributed by atoms with E-state index in [1.165, 1.54) is 35.0 Å². The van der Waals surface area contributed by atoms with Crippen LogP contribution in [0.3, 0.4) is 0 Å². The molecule has 0 aliphatic heterocycles. The molecule has 2 aliphatic carbocycles. The van der Waals surface area contributed by atoms with Crippen molar-refractivity contribution in [3.8, 4) is 0 Å². The van der Waals surface area contributed by atoms with Crippen LogP contribution in [0.1, 0.15) is 68.9 Å². The summed E-state index contributed by atoms with van der Waals surface area (Å²) in [6.07, 6.45) is 8.66. The number of carbonyl (C=O) groups is 1. The second kappa shape index (κ2) is 7.95. The summed E-state index contributed by atoms with van der Waals surface area (Å²) in [6, 6.07) is 0.433. The van der Waals surface area contributed by atoms with E-state index < -0.39 is 0 Å². The summed E-state index contributed by atoms with van der Waals surface area (Å²) in [5.74, 6) is 0.352. The molecule has 1 atom stereocenters. The van der Waals surface area contributed by atoms with Crippen LogP contribution >= 0.6 is 23.1 Å². The number of carbonyl (C=O) groups excluding carboxylic acids is 1. The van der Waals surface area contributed by atoms with Crippen molar-refractivity contribution in [3.63, 3.8) is 0 Å². The van der Waals surface area contributed by atoms with Crippen LogP contribution in [-0.4, -0.2) is 27.3 Å². The highest BCUT2D eigenvalue weighted by atomic mass is 32.2. The third-order valence-electron chi connectivity index (χ3n) is 5.55. The van der Waals surface area contributed by atoms with Gasteiger partial charge in [-0.1, -0.05) is 25.1 Å². The number of nitrogens with zero attached hydrogens (tertiary/aromatic N) is 2. The standard InChI is InChI=1S/C20H27N3O2S2/c1-3-12(2)23-19(25)17-14-7-5-4-6-8-15(14)27-18(17)22-20(23)26-11-16(24)21-13-9-10-13/h12-13H,3-11H2,1-2H3,(H,21,24). The van der Waals surface area contributed by atoms with Crippen LogP contribution in [0.4, 0.5) is 0 Å². The molecule has 5 nitrogen and oxygen atoms in total. The van der Waals surface area contributed by atoms with Gasteiger partial charge in [-0.2, -0.15) is 0 Å². The summed E-state index contributed by atoms with van der Waals surface area (Å²) in [6.45, 7) is 4.15. The number of thioether (sulfide) groups is 1. The van der Waals surface area contributed by atoms with E-state index in [9.17, 15) is 9.59 Å². The summed E-state index contributed by atoms with van der Waals surface area (Å²) in [5, 5.41) is 4.53. The minimum Gasteiger partial charge on any atom is -0.353 e. The number of nitrogens with one attached hydrogen (secondary N) is 1. The zero-order valence-corrected chi connectivity index (χ0v) is 17.7. The van der Waals surface area contributed by atoms with Crippen molar-refractivity contribution in [1.29, 1.82) is 0 Å². The SMILES string of the molecule is CCC(C)n1c(SCC(=O)NC2CC2)nc2sc3c(c2c1=O)CCCCC3. The minimum absolute atomic E-state index is 0.0366. The van der Waals surface area contributed by atoms with E-state index in [2.05, 4.69) is 19.2 Å². The van der Waals surface area contributed by atoms with Crippen LogP contribution in [0.25, 0.3) is 10.2 Å². The van der Waals surface area contributed by atoms with Gasteiger partial charge in [0.2, 0.25) is 5.91 Å². The summed E-state index contributed by atoms with van der Waals surface area (Å²) in [4.78, 5) is 32.6. The Morgan fingerprint density at radius 3 is 2.85 bits per heavy atom. The molecule has 0 spiro atoms. The zero-order chi connectivity index (χ0) is 19.0. The molecular weight excluding hydrogens is 378 g/mol. The van der Waals surface area contributed by atoms with Gasteiger partial charge in [-0.25, -0.2) is 4.98 Å². The average molecular weight is 406 g/mol. The highest BCUT2D eigenvalue weighted by Crippen LogP contribution is 2.34. The highest BCUT2D eigenvalue weighted by Gasteiger charge is 2.25. The van der Waals surface area contributed by atoms with E-state index in [0.717, 1.165) is 48.7 Å². The number of hydrogen-bond donors (Lipinski definition) is 1. The van der Waals surface area contributed by atoms with Crippen LogP contribution < -0.4 is 10.9 Å². The Balaban J connectivity index is 1.72. The number of rotatable bonds is 6. The van der Waals surface area contributed by atoms with E-state index in [4.69, 9.17) is 4.98 Å². The Hall–Kier alpha value is -1.34. The molecule has 2 aromatic rings. The van der Waals surface area contributed by atoms with E-state index in [0.29, 0.717) is 17.0 Å². The maximum absolute atomic E-state index is 13.4. The van der Waals surface area contributed by atoms with Crippen molar-refractivity contribution in [3.05, 3.63) is 20.8 Å². The van der Waals surface area contributed by atoms with Crippen molar-refractivity contribution in [2.75, 3.05) is 5.75 Å². The Morgan fingerprint density at radius 2 is 2.11 bits per heavy atom. The van der Waals surface area contributed by atoms with E-state index >= 15 is 0 Å². The monoisotopic (exact) mass is 405 g/mol. The minimum atomic E-state index is 0.0366. The van der Waals surface area contributed by atoms with E-state index in [1.807, 2.05) is 4.57 Å². The molecule has 7 heteroatoms. The molecule has 2 heterocycles. The summed E-state index contributed by atoms with van der Waals surface area (Å²) >= 11 is 3.08. The largest absolute Gasteiger partial charge is 0.353 e. The zero-order valence-electron chi connectivity index (χ0n) is 16.0. The number of aromatic nitrogens is 2. The van der Waals surface area contributed by atoms with Gasteiger partial charge in [0.25, 0.3) is 5.56 Å². The molecule has 2 aliphatic rings. The Kier molecular flexibility index (Phi) is 5.60. The lowest BCUT2D eigenvalue weighted by molar-refractivity contribution is -0.118. The third kappa shape index (κ3) is 3.94. The van der Waals surface area contributed by atoms with Gasteiger partial charge in [0.15, 0.2) is 5.16 Å². The lowest BCUT2D eigenvalue weighted by Gasteiger charge is -2.17. The maximum atomic E-state index is 13.4. The molecule has 27 heavy (non-hydrogen) atoms. The van der Waals surface area contributed by atoms with Gasteiger partial charge in [-0.3, -0.25) is 14.2 Å². The van der Waals surface area contributed by atoms with Crippen LogP contribution in [0.15, 0.2) is 9.95 Å². The Labute approximate surface area is 167 Å². The number of amides is 1. The summed E-state index contributed by atoms with van der Waals surface area (Å²) < 4.78 is 1.83. The summed E-state index contributed by atoms with van der Waals surface area (Å²) in [7, 11) is 0. The smallest absolute Gasteiger partial charge is 0.263 e. The van der Waals surface area contributed by atoms with Crippen LogP contribution in [0, 0.1) is 0 Å². The number of aryl methyl sites for hydroxylation is 2. The first kappa shape index (κ1) is 19.0. The average Bonchev–Trinajstić information content (AvgIpc) is 3.43. The van der Waals surface area contributed by atoms with Gasteiger partial charge in [-0.15, -0.1) is 11.3 Å². The van der Waals surface area contributed by atoms with Gasteiger partial charge in [0, 0.05) is 17.0 Å². The van der Waals surface area contributed by atoms with Crippen LogP contribution in [0.2, 0.25) is 0 Å². The third-order valence-corrected chi connectivity index (χ3v) is 7.68. The van der Waals surface area contributed by atoms with Crippen LogP contribution in [-0.2, 0) is 17.6 Å². The second-order valence-electron chi connectivity index (χ2n) is 7.70. The second-order valence-corrected chi connectivity index (χ2v) is 9.73. The normalized spacial score (nSPS) is 18.1. The quantitative estimate of drug-likeness (QED) is 0.447. The molecule has 0 bridgehead atoms. The lowest BCUT2D eigenvalue weighted by Crippen LogP contribution is -2.29. The van der Waals surface area contributed by atoms with Gasteiger partial charge in [0.1, 0.15) is 4.83 Å². The van der Waals surface area contributed by atoms with Crippen molar-refractivity contribution in [2.24, 2.45) is 0 Å².